The number of esters is 3. The van der Waals surface area contributed by atoms with E-state index in [0.29, 0.717) is 18.4 Å². The number of Topliss-reactive ketones (excluding diaryl/α,β-unsaturated/α-hetero) is 1. The van der Waals surface area contributed by atoms with Crippen molar-refractivity contribution < 1.29 is 42.9 Å². The Labute approximate surface area is 240 Å². The third-order valence-electron chi connectivity index (χ3n) is 10.8. The summed E-state index contributed by atoms with van der Waals surface area (Å²) in [6, 6.07) is 1.78. The van der Waals surface area contributed by atoms with Crippen molar-refractivity contribution in [2.45, 2.75) is 91.5 Å². The van der Waals surface area contributed by atoms with Gasteiger partial charge >= 0.3 is 17.9 Å². The zero-order chi connectivity index (χ0) is 30.1. The summed E-state index contributed by atoms with van der Waals surface area (Å²) >= 11 is 0. The van der Waals surface area contributed by atoms with Crippen LogP contribution in [0.5, 0.6) is 0 Å². The number of rotatable bonds is 5. The van der Waals surface area contributed by atoms with E-state index in [0.717, 1.165) is 16.7 Å². The molecule has 1 N–H and O–H groups in total. The van der Waals surface area contributed by atoms with Gasteiger partial charge in [-0.3, -0.25) is 14.4 Å². The van der Waals surface area contributed by atoms with E-state index >= 15 is 0 Å². The van der Waals surface area contributed by atoms with Crippen LogP contribution in [-0.2, 0) is 33.4 Å². The van der Waals surface area contributed by atoms with Gasteiger partial charge in [-0.1, -0.05) is 39.3 Å². The van der Waals surface area contributed by atoms with Gasteiger partial charge in [-0.2, -0.15) is 0 Å². The van der Waals surface area contributed by atoms with Crippen LogP contribution in [0.25, 0.3) is 0 Å². The lowest BCUT2D eigenvalue weighted by molar-refractivity contribution is -0.234. The van der Waals surface area contributed by atoms with Gasteiger partial charge in [0, 0.05) is 40.2 Å². The van der Waals surface area contributed by atoms with Crippen LogP contribution < -0.4 is 0 Å². The maximum absolute atomic E-state index is 14.5. The number of methoxy groups -OCH3 is 1. The Morgan fingerprint density at radius 1 is 1.20 bits per heavy atom. The number of carbonyl (C=O) groups excluding carboxylic acids is 4. The molecule has 5 rings (SSSR count). The fourth-order valence-electron chi connectivity index (χ4n) is 8.62. The average Bonchev–Trinajstić information content (AvgIpc) is 3.46. The van der Waals surface area contributed by atoms with E-state index in [2.05, 4.69) is 6.92 Å². The van der Waals surface area contributed by atoms with Gasteiger partial charge in [0.25, 0.3) is 0 Å². The second-order valence-electron chi connectivity index (χ2n) is 13.2. The van der Waals surface area contributed by atoms with Gasteiger partial charge in [-0.15, -0.1) is 0 Å². The third-order valence-corrected chi connectivity index (χ3v) is 10.8. The number of ether oxygens (including phenoxy) is 3. The molecule has 9 heteroatoms. The second kappa shape index (κ2) is 9.68. The average molecular weight is 569 g/mol. The molecule has 2 bridgehead atoms. The molecule has 0 unspecified atom stereocenters. The minimum Gasteiger partial charge on any atom is -0.472 e. The largest absolute Gasteiger partial charge is 0.472 e. The Hall–Kier alpha value is -3.20. The first-order valence-corrected chi connectivity index (χ1v) is 14.3. The predicted octanol–water partition coefficient (Wildman–Crippen LogP) is 4.79. The van der Waals surface area contributed by atoms with Crippen LogP contribution >= 0.6 is 0 Å². The number of cyclic esters (lactones) is 1. The molecule has 1 aliphatic heterocycles. The summed E-state index contributed by atoms with van der Waals surface area (Å²) in [5.41, 5.74) is -2.05. The highest BCUT2D eigenvalue weighted by Gasteiger charge is 2.74. The Bertz CT molecular complexity index is 1350. The fraction of sp³-hybridized carbons (Fsp3) is 0.625. The van der Waals surface area contributed by atoms with E-state index in [4.69, 9.17) is 18.6 Å². The van der Waals surface area contributed by atoms with Gasteiger partial charge in [0.15, 0.2) is 11.4 Å². The highest BCUT2D eigenvalue weighted by atomic mass is 16.6. The molecule has 0 radical (unpaired) electrons. The number of furan rings is 1. The van der Waals surface area contributed by atoms with Crippen LogP contribution in [0.3, 0.4) is 0 Å². The zero-order valence-corrected chi connectivity index (χ0v) is 24.9. The number of aliphatic hydroxyl groups is 1. The molecule has 1 saturated heterocycles. The molecule has 0 spiro atoms. The summed E-state index contributed by atoms with van der Waals surface area (Å²) in [5.74, 6) is -2.90. The van der Waals surface area contributed by atoms with Crippen molar-refractivity contribution in [2.75, 3.05) is 7.11 Å². The zero-order valence-electron chi connectivity index (χ0n) is 24.9. The van der Waals surface area contributed by atoms with Gasteiger partial charge in [0.1, 0.15) is 12.2 Å². The lowest BCUT2D eigenvalue weighted by Crippen LogP contribution is -2.75. The molecule has 7 atom stereocenters. The number of carbonyl (C=O) groups is 4. The summed E-state index contributed by atoms with van der Waals surface area (Å²) in [4.78, 5) is 53.5. The van der Waals surface area contributed by atoms with Crippen molar-refractivity contribution in [2.24, 2.45) is 28.1 Å². The molecule has 3 fully saturated rings. The summed E-state index contributed by atoms with van der Waals surface area (Å²) in [7, 11) is 1.30. The molecule has 2 saturated carbocycles. The quantitative estimate of drug-likeness (QED) is 0.231. The third kappa shape index (κ3) is 4.06. The monoisotopic (exact) mass is 568 g/mol. The number of allylic oxidation sites excluding steroid dienone is 1. The number of fused-ring (bicyclic) bond motifs is 5. The maximum Gasteiger partial charge on any atom is 0.333 e. The Morgan fingerprint density at radius 3 is 2.51 bits per heavy atom. The van der Waals surface area contributed by atoms with Gasteiger partial charge in [0.05, 0.1) is 26.1 Å². The van der Waals surface area contributed by atoms with Crippen LogP contribution in [0, 0.1) is 28.1 Å². The maximum atomic E-state index is 14.5. The SMILES string of the molecule is C/C=C(\C)C(=O)O[C@H]1C(C)(C)[C@H](CC(=O)OC)[C@]2(C)C(=O)[C@@]1(O)CC1=C3CC(=O)O[C@@H](c4ccoc4)[C@]3(C)CC[C@@H]12. The van der Waals surface area contributed by atoms with Crippen LogP contribution in [0.2, 0.25) is 0 Å². The van der Waals surface area contributed by atoms with E-state index < -0.39 is 63.7 Å². The van der Waals surface area contributed by atoms with Gasteiger partial charge < -0.3 is 23.7 Å². The predicted molar refractivity (Wildman–Crippen MR) is 146 cm³/mol. The van der Waals surface area contributed by atoms with Crippen molar-refractivity contribution in [1.82, 2.24) is 0 Å². The Morgan fingerprint density at radius 2 is 1.90 bits per heavy atom. The summed E-state index contributed by atoms with van der Waals surface area (Å²) in [6.07, 6.45) is 4.00. The highest BCUT2D eigenvalue weighted by molar-refractivity contribution is 5.98. The van der Waals surface area contributed by atoms with E-state index in [-0.39, 0.29) is 25.2 Å². The fourth-order valence-corrected chi connectivity index (χ4v) is 8.62. The molecule has 2 heterocycles. The number of hydrogen-bond acceptors (Lipinski definition) is 9. The lowest BCUT2D eigenvalue weighted by atomic mass is 9.39. The first kappa shape index (κ1) is 29.3. The first-order chi connectivity index (χ1) is 19.2. The smallest absolute Gasteiger partial charge is 0.333 e. The molecule has 0 amide bonds. The Kier molecular flexibility index (Phi) is 6.92. The second-order valence-corrected chi connectivity index (χ2v) is 13.2. The van der Waals surface area contributed by atoms with Crippen molar-refractivity contribution in [3.63, 3.8) is 0 Å². The number of ketones is 1. The minimum atomic E-state index is -2.06. The van der Waals surface area contributed by atoms with Crippen molar-refractivity contribution >= 4 is 23.7 Å². The van der Waals surface area contributed by atoms with E-state index in [9.17, 15) is 24.3 Å². The highest BCUT2D eigenvalue weighted by Crippen LogP contribution is 2.69. The van der Waals surface area contributed by atoms with E-state index in [1.54, 1.807) is 32.3 Å². The lowest BCUT2D eigenvalue weighted by Gasteiger charge is -2.65. The van der Waals surface area contributed by atoms with E-state index in [1.165, 1.54) is 13.4 Å². The van der Waals surface area contributed by atoms with Crippen LogP contribution in [0.1, 0.15) is 85.3 Å². The molecule has 0 aromatic carbocycles. The standard InChI is InChI=1S/C32H40O9/c1-8-17(2)26(35)41-28-29(3,4)22(14-23(33)38-7)31(6)20-9-11-30(5)21(19(20)15-32(28,37)27(31)36)13-24(34)40-25(30)18-10-12-39-16-18/h8,10,12,16,20,22,25,28,37H,9,11,13-15H2,1-7H3/b17-8+/t20-,22-,25-,28-,30+,31+,32-/m0/s1. The van der Waals surface area contributed by atoms with Gasteiger partial charge in [-0.25, -0.2) is 4.79 Å². The van der Waals surface area contributed by atoms with Crippen LogP contribution in [-0.4, -0.2) is 47.6 Å². The molecular formula is C32H40O9. The normalized spacial score (nSPS) is 38.0. The molecule has 222 valence electrons. The van der Waals surface area contributed by atoms with Gasteiger partial charge in [0.2, 0.25) is 0 Å². The Balaban J connectivity index is 1.73. The van der Waals surface area contributed by atoms with Crippen molar-refractivity contribution in [3.8, 4) is 0 Å². The van der Waals surface area contributed by atoms with Crippen molar-refractivity contribution in [1.29, 1.82) is 0 Å². The molecule has 4 aliphatic rings. The molecule has 41 heavy (non-hydrogen) atoms. The topological polar surface area (TPSA) is 129 Å². The summed E-state index contributed by atoms with van der Waals surface area (Å²) in [5, 5.41) is 12.4. The number of hydrogen-bond donors (Lipinski definition) is 1. The first-order valence-electron chi connectivity index (χ1n) is 14.3. The summed E-state index contributed by atoms with van der Waals surface area (Å²) in [6.45, 7) is 10.9. The van der Waals surface area contributed by atoms with Crippen LogP contribution in [0.15, 0.2) is 45.8 Å². The molecule has 9 nitrogen and oxygen atoms in total. The molecule has 3 aliphatic carbocycles. The minimum absolute atomic E-state index is 0.0320. The van der Waals surface area contributed by atoms with Gasteiger partial charge in [-0.05, 0) is 50.2 Å². The molecular weight excluding hydrogens is 528 g/mol. The van der Waals surface area contributed by atoms with Crippen molar-refractivity contribution in [3.05, 3.63) is 47.0 Å². The summed E-state index contributed by atoms with van der Waals surface area (Å²) < 4.78 is 22.3. The van der Waals surface area contributed by atoms with Crippen LogP contribution in [0.4, 0.5) is 0 Å². The molecule has 1 aromatic rings. The van der Waals surface area contributed by atoms with E-state index in [1.807, 2.05) is 20.8 Å². The molecule has 1 aromatic heterocycles.